The maximum atomic E-state index is 12.4. The van der Waals surface area contributed by atoms with Crippen LogP contribution in [0.15, 0.2) is 52.9 Å². The number of nitrogens with one attached hydrogen (secondary N) is 1. The van der Waals surface area contributed by atoms with Crippen LogP contribution in [0.4, 0.5) is 0 Å². The molecular formula is C20H21NO3. The quantitative estimate of drug-likeness (QED) is 0.748. The predicted molar refractivity (Wildman–Crippen MR) is 94.0 cm³/mol. The fraction of sp³-hybridized carbons (Fsp3) is 0.250. The number of hydrogen-bond donors (Lipinski definition) is 2. The molecule has 0 unspecified atom stereocenters. The summed E-state index contributed by atoms with van der Waals surface area (Å²) >= 11 is 0. The molecule has 0 spiro atoms. The van der Waals surface area contributed by atoms with Crippen molar-refractivity contribution >= 4 is 16.7 Å². The van der Waals surface area contributed by atoms with Gasteiger partial charge in [0.15, 0.2) is 0 Å². The Hall–Kier alpha value is -2.59. The number of carbonyl (C=O) groups excluding carboxylic acids is 1. The standard InChI is InChI=1S/C20H21NO3/c1-13-12-18(14(2)24-13)19(22)10-11-21-20(23)17-9-5-7-15-6-3-4-8-16(15)17/h3-9,12,19,22H,10-11H2,1-2H3,(H,21,23)/t19-/m0/s1. The van der Waals surface area contributed by atoms with E-state index in [1.165, 1.54) is 0 Å². The number of aryl methyl sites for hydroxylation is 2. The van der Waals surface area contributed by atoms with Gasteiger partial charge < -0.3 is 14.8 Å². The van der Waals surface area contributed by atoms with Crippen molar-refractivity contribution < 1.29 is 14.3 Å². The molecule has 0 saturated heterocycles. The van der Waals surface area contributed by atoms with Gasteiger partial charge in [-0.3, -0.25) is 4.79 Å². The summed E-state index contributed by atoms with van der Waals surface area (Å²) < 4.78 is 5.43. The summed E-state index contributed by atoms with van der Waals surface area (Å²) in [4.78, 5) is 12.4. The molecule has 0 fully saturated rings. The van der Waals surface area contributed by atoms with Crippen molar-refractivity contribution in [3.63, 3.8) is 0 Å². The van der Waals surface area contributed by atoms with Crippen LogP contribution >= 0.6 is 0 Å². The fourth-order valence-electron chi connectivity index (χ4n) is 2.98. The van der Waals surface area contributed by atoms with Crippen molar-refractivity contribution in [2.45, 2.75) is 26.4 Å². The van der Waals surface area contributed by atoms with Crippen LogP contribution in [0, 0.1) is 13.8 Å². The lowest BCUT2D eigenvalue weighted by Gasteiger charge is -2.11. The van der Waals surface area contributed by atoms with Crippen LogP contribution in [0.1, 0.15) is 40.0 Å². The molecule has 0 saturated carbocycles. The first-order chi connectivity index (χ1) is 11.6. The van der Waals surface area contributed by atoms with Gasteiger partial charge in [0.1, 0.15) is 11.5 Å². The topological polar surface area (TPSA) is 62.5 Å². The first kappa shape index (κ1) is 16.3. The van der Waals surface area contributed by atoms with Gasteiger partial charge in [-0.1, -0.05) is 36.4 Å². The van der Waals surface area contributed by atoms with Crippen molar-refractivity contribution in [2.75, 3.05) is 6.54 Å². The van der Waals surface area contributed by atoms with Gasteiger partial charge in [0, 0.05) is 17.7 Å². The Balaban J connectivity index is 1.64. The Kier molecular flexibility index (Phi) is 4.67. The van der Waals surface area contributed by atoms with E-state index in [1.807, 2.05) is 62.4 Å². The summed E-state index contributed by atoms with van der Waals surface area (Å²) in [6.45, 7) is 4.08. The van der Waals surface area contributed by atoms with Gasteiger partial charge in [0.2, 0.25) is 0 Å². The average Bonchev–Trinajstić information content (AvgIpc) is 2.92. The van der Waals surface area contributed by atoms with Crippen molar-refractivity contribution in [1.82, 2.24) is 5.32 Å². The molecule has 0 aliphatic rings. The van der Waals surface area contributed by atoms with Gasteiger partial charge in [-0.25, -0.2) is 0 Å². The number of amides is 1. The maximum absolute atomic E-state index is 12.4. The largest absolute Gasteiger partial charge is 0.466 e. The smallest absolute Gasteiger partial charge is 0.251 e. The van der Waals surface area contributed by atoms with Crippen molar-refractivity contribution in [1.29, 1.82) is 0 Å². The molecule has 2 aromatic carbocycles. The third kappa shape index (κ3) is 3.34. The van der Waals surface area contributed by atoms with E-state index in [9.17, 15) is 9.90 Å². The zero-order valence-electron chi connectivity index (χ0n) is 13.9. The minimum absolute atomic E-state index is 0.126. The molecule has 4 nitrogen and oxygen atoms in total. The third-order valence-corrected chi connectivity index (χ3v) is 4.18. The Morgan fingerprint density at radius 2 is 1.92 bits per heavy atom. The van der Waals surface area contributed by atoms with Gasteiger partial charge in [-0.05, 0) is 43.2 Å². The second-order valence-electron chi connectivity index (χ2n) is 5.96. The minimum atomic E-state index is -0.643. The van der Waals surface area contributed by atoms with E-state index in [4.69, 9.17) is 4.42 Å². The van der Waals surface area contributed by atoms with E-state index in [0.29, 0.717) is 18.5 Å². The summed E-state index contributed by atoms with van der Waals surface area (Å²) in [5.41, 5.74) is 1.44. The van der Waals surface area contributed by atoms with Gasteiger partial charge >= 0.3 is 0 Å². The van der Waals surface area contributed by atoms with Gasteiger partial charge in [-0.15, -0.1) is 0 Å². The predicted octanol–water partition coefficient (Wildman–Crippen LogP) is 3.90. The molecule has 1 atom stereocenters. The van der Waals surface area contributed by atoms with Crippen LogP contribution in [0.5, 0.6) is 0 Å². The third-order valence-electron chi connectivity index (χ3n) is 4.18. The van der Waals surface area contributed by atoms with E-state index in [1.54, 1.807) is 0 Å². The molecular weight excluding hydrogens is 302 g/mol. The SMILES string of the molecule is Cc1cc([C@@H](O)CCNC(=O)c2cccc3ccccc23)c(C)o1. The molecule has 0 aliphatic carbocycles. The Morgan fingerprint density at radius 1 is 1.17 bits per heavy atom. The van der Waals surface area contributed by atoms with Crippen LogP contribution in [-0.2, 0) is 0 Å². The van der Waals surface area contributed by atoms with Gasteiger partial charge in [0.05, 0.1) is 6.10 Å². The molecule has 124 valence electrons. The highest BCUT2D eigenvalue weighted by molar-refractivity contribution is 6.06. The molecule has 0 bridgehead atoms. The Bertz CT molecular complexity index is 861. The first-order valence-electron chi connectivity index (χ1n) is 8.07. The molecule has 0 aliphatic heterocycles. The Labute approximate surface area is 141 Å². The monoisotopic (exact) mass is 323 g/mol. The summed E-state index contributed by atoms with van der Waals surface area (Å²) in [6, 6.07) is 15.3. The van der Waals surface area contributed by atoms with Gasteiger partial charge in [0.25, 0.3) is 5.91 Å². The van der Waals surface area contributed by atoms with Crippen molar-refractivity contribution in [2.24, 2.45) is 0 Å². The summed E-state index contributed by atoms with van der Waals surface area (Å²) in [5, 5.41) is 15.1. The normalized spacial score (nSPS) is 12.3. The van der Waals surface area contributed by atoms with Crippen LogP contribution in [-0.4, -0.2) is 17.6 Å². The molecule has 1 heterocycles. The van der Waals surface area contributed by atoms with E-state index in [0.717, 1.165) is 27.9 Å². The van der Waals surface area contributed by atoms with Crippen molar-refractivity contribution in [3.05, 3.63) is 71.2 Å². The molecule has 4 heteroatoms. The van der Waals surface area contributed by atoms with Crippen molar-refractivity contribution in [3.8, 4) is 0 Å². The highest BCUT2D eigenvalue weighted by Gasteiger charge is 2.15. The zero-order valence-corrected chi connectivity index (χ0v) is 13.9. The number of aliphatic hydroxyl groups excluding tert-OH is 1. The number of rotatable bonds is 5. The second kappa shape index (κ2) is 6.89. The molecule has 1 aromatic heterocycles. The highest BCUT2D eigenvalue weighted by atomic mass is 16.3. The molecule has 2 N–H and O–H groups in total. The number of fused-ring (bicyclic) bond motifs is 1. The maximum Gasteiger partial charge on any atom is 0.251 e. The highest BCUT2D eigenvalue weighted by Crippen LogP contribution is 2.23. The molecule has 1 amide bonds. The van der Waals surface area contributed by atoms with E-state index < -0.39 is 6.10 Å². The lowest BCUT2D eigenvalue weighted by Crippen LogP contribution is -2.25. The van der Waals surface area contributed by atoms with Crippen LogP contribution in [0.25, 0.3) is 10.8 Å². The van der Waals surface area contributed by atoms with Crippen LogP contribution < -0.4 is 5.32 Å². The number of benzene rings is 2. The van der Waals surface area contributed by atoms with Crippen LogP contribution in [0.3, 0.4) is 0 Å². The lowest BCUT2D eigenvalue weighted by molar-refractivity contribution is 0.0944. The minimum Gasteiger partial charge on any atom is -0.466 e. The molecule has 3 rings (SSSR count). The zero-order chi connectivity index (χ0) is 17.1. The number of hydrogen-bond acceptors (Lipinski definition) is 3. The molecule has 3 aromatic rings. The molecule has 24 heavy (non-hydrogen) atoms. The van der Waals surface area contributed by atoms with Crippen LogP contribution in [0.2, 0.25) is 0 Å². The lowest BCUT2D eigenvalue weighted by atomic mass is 10.0. The average molecular weight is 323 g/mol. The summed E-state index contributed by atoms with van der Waals surface area (Å²) in [7, 11) is 0. The fourth-order valence-corrected chi connectivity index (χ4v) is 2.98. The van der Waals surface area contributed by atoms with E-state index in [2.05, 4.69) is 5.32 Å². The summed E-state index contributed by atoms with van der Waals surface area (Å²) in [5.74, 6) is 1.38. The van der Waals surface area contributed by atoms with E-state index in [-0.39, 0.29) is 5.91 Å². The second-order valence-corrected chi connectivity index (χ2v) is 5.96. The first-order valence-corrected chi connectivity index (χ1v) is 8.07. The Morgan fingerprint density at radius 3 is 2.67 bits per heavy atom. The molecule has 0 radical (unpaired) electrons. The summed E-state index contributed by atoms with van der Waals surface area (Å²) in [6.07, 6.45) is -0.202. The number of aliphatic hydroxyl groups is 1. The number of carbonyl (C=O) groups is 1. The van der Waals surface area contributed by atoms with E-state index >= 15 is 0 Å². The van der Waals surface area contributed by atoms with Gasteiger partial charge in [-0.2, -0.15) is 0 Å². The number of furan rings is 1.